The van der Waals surface area contributed by atoms with Crippen LogP contribution in [0.25, 0.3) is 5.69 Å². The van der Waals surface area contributed by atoms with Gasteiger partial charge >= 0.3 is 0 Å². The molecule has 0 saturated carbocycles. The lowest BCUT2D eigenvalue weighted by Gasteiger charge is -2.15. The molecule has 1 unspecified atom stereocenters. The zero-order valence-electron chi connectivity index (χ0n) is 15.4. The number of amides is 1. The molecule has 1 atom stereocenters. The Morgan fingerprint density at radius 1 is 1.12 bits per heavy atom. The number of aryl methyl sites for hydroxylation is 1. The van der Waals surface area contributed by atoms with E-state index in [2.05, 4.69) is 51.4 Å². The molecule has 26 heavy (non-hydrogen) atoms. The molecule has 1 aromatic heterocycles. The summed E-state index contributed by atoms with van der Waals surface area (Å²) in [5.74, 6) is 0.922. The van der Waals surface area contributed by atoms with Gasteiger partial charge in [0, 0.05) is 43.3 Å². The molecule has 134 valence electrons. The van der Waals surface area contributed by atoms with E-state index in [9.17, 15) is 4.79 Å². The summed E-state index contributed by atoms with van der Waals surface area (Å²) in [6, 6.07) is 16.7. The summed E-state index contributed by atoms with van der Waals surface area (Å²) >= 11 is 0. The van der Waals surface area contributed by atoms with Crippen LogP contribution in [0.3, 0.4) is 0 Å². The first-order chi connectivity index (χ1) is 12.5. The van der Waals surface area contributed by atoms with E-state index in [0.717, 1.165) is 23.7 Å². The van der Waals surface area contributed by atoms with E-state index >= 15 is 0 Å². The number of carbonyl (C=O) groups excluding carboxylic acids is 1. The number of carbonyl (C=O) groups is 1. The van der Waals surface area contributed by atoms with Crippen molar-refractivity contribution >= 4 is 11.6 Å². The van der Waals surface area contributed by atoms with Crippen molar-refractivity contribution in [3.8, 4) is 5.69 Å². The highest BCUT2D eigenvalue weighted by Gasteiger charge is 2.06. The molecule has 0 spiro atoms. The largest absolute Gasteiger partial charge is 0.326 e. The number of nitrogens with zero attached hydrogens (tertiary/aromatic N) is 2. The van der Waals surface area contributed by atoms with Gasteiger partial charge in [0.1, 0.15) is 5.82 Å². The van der Waals surface area contributed by atoms with E-state index in [4.69, 9.17) is 0 Å². The SMILES string of the molecule is CC(=O)Nc1ccc(CNC(C)c2ccc(-n3ccnc3C)cc2)cc1. The highest BCUT2D eigenvalue weighted by Crippen LogP contribution is 2.18. The molecule has 3 rings (SSSR count). The van der Waals surface area contributed by atoms with Crippen LogP contribution < -0.4 is 10.6 Å². The Morgan fingerprint density at radius 2 is 1.81 bits per heavy atom. The van der Waals surface area contributed by atoms with Gasteiger partial charge in [0.25, 0.3) is 0 Å². The monoisotopic (exact) mass is 348 g/mol. The number of imidazole rings is 1. The van der Waals surface area contributed by atoms with E-state index in [1.54, 1.807) is 0 Å². The Labute approximate surface area is 154 Å². The van der Waals surface area contributed by atoms with Gasteiger partial charge in [-0.15, -0.1) is 0 Å². The van der Waals surface area contributed by atoms with E-state index < -0.39 is 0 Å². The fraction of sp³-hybridized carbons (Fsp3) is 0.238. The van der Waals surface area contributed by atoms with Crippen molar-refractivity contribution in [2.45, 2.75) is 33.4 Å². The van der Waals surface area contributed by atoms with E-state index in [1.165, 1.54) is 18.1 Å². The van der Waals surface area contributed by atoms with Crippen LogP contribution in [-0.4, -0.2) is 15.5 Å². The third-order valence-electron chi connectivity index (χ3n) is 4.38. The minimum atomic E-state index is -0.0566. The van der Waals surface area contributed by atoms with Gasteiger partial charge in [-0.2, -0.15) is 0 Å². The van der Waals surface area contributed by atoms with Crippen molar-refractivity contribution < 1.29 is 4.79 Å². The van der Waals surface area contributed by atoms with Gasteiger partial charge in [0.2, 0.25) is 5.91 Å². The molecule has 0 saturated heterocycles. The van der Waals surface area contributed by atoms with Crippen molar-refractivity contribution in [1.82, 2.24) is 14.9 Å². The Balaban J connectivity index is 1.59. The maximum absolute atomic E-state index is 11.1. The first-order valence-corrected chi connectivity index (χ1v) is 8.73. The lowest BCUT2D eigenvalue weighted by molar-refractivity contribution is -0.114. The average Bonchev–Trinajstić information content (AvgIpc) is 3.06. The van der Waals surface area contributed by atoms with Gasteiger partial charge in [-0.05, 0) is 49.2 Å². The number of hydrogen-bond donors (Lipinski definition) is 2. The lowest BCUT2D eigenvalue weighted by Crippen LogP contribution is -2.18. The van der Waals surface area contributed by atoms with E-state index in [1.807, 2.05) is 43.6 Å². The summed E-state index contributed by atoms with van der Waals surface area (Å²) < 4.78 is 2.07. The first kappa shape index (κ1) is 17.9. The zero-order valence-corrected chi connectivity index (χ0v) is 15.4. The first-order valence-electron chi connectivity index (χ1n) is 8.73. The zero-order chi connectivity index (χ0) is 18.5. The molecule has 2 aromatic carbocycles. The van der Waals surface area contributed by atoms with E-state index in [-0.39, 0.29) is 11.9 Å². The molecule has 1 amide bonds. The van der Waals surface area contributed by atoms with Gasteiger partial charge in [-0.25, -0.2) is 4.98 Å². The molecule has 0 aliphatic heterocycles. The minimum Gasteiger partial charge on any atom is -0.326 e. The van der Waals surface area contributed by atoms with Gasteiger partial charge < -0.3 is 15.2 Å². The summed E-state index contributed by atoms with van der Waals surface area (Å²) in [7, 11) is 0. The van der Waals surface area contributed by atoms with E-state index in [0.29, 0.717) is 0 Å². The van der Waals surface area contributed by atoms with Gasteiger partial charge in [0.15, 0.2) is 0 Å². The van der Waals surface area contributed by atoms with Crippen LogP contribution in [0.4, 0.5) is 5.69 Å². The number of anilines is 1. The molecular formula is C21H24N4O. The van der Waals surface area contributed by atoms with Crippen molar-refractivity contribution in [3.05, 3.63) is 77.9 Å². The molecule has 1 heterocycles. The van der Waals surface area contributed by atoms with Crippen molar-refractivity contribution in [1.29, 1.82) is 0 Å². The third kappa shape index (κ3) is 4.37. The highest BCUT2D eigenvalue weighted by atomic mass is 16.1. The normalized spacial score (nSPS) is 12.0. The molecule has 5 heteroatoms. The van der Waals surface area contributed by atoms with Gasteiger partial charge in [-0.1, -0.05) is 24.3 Å². The highest BCUT2D eigenvalue weighted by molar-refractivity contribution is 5.88. The lowest BCUT2D eigenvalue weighted by atomic mass is 10.1. The quantitative estimate of drug-likeness (QED) is 0.708. The summed E-state index contributed by atoms with van der Waals surface area (Å²) in [5.41, 5.74) is 4.35. The maximum atomic E-state index is 11.1. The molecule has 5 nitrogen and oxygen atoms in total. The number of hydrogen-bond acceptors (Lipinski definition) is 3. The molecule has 2 N–H and O–H groups in total. The van der Waals surface area contributed by atoms with Crippen LogP contribution in [-0.2, 0) is 11.3 Å². The molecular weight excluding hydrogens is 324 g/mol. The molecule has 0 bridgehead atoms. The summed E-state index contributed by atoms with van der Waals surface area (Å²) in [6.45, 7) is 6.43. The summed E-state index contributed by atoms with van der Waals surface area (Å²) in [6.07, 6.45) is 3.78. The van der Waals surface area contributed by atoms with Crippen LogP contribution in [0.5, 0.6) is 0 Å². The number of nitrogens with one attached hydrogen (secondary N) is 2. The Morgan fingerprint density at radius 3 is 2.38 bits per heavy atom. The van der Waals surface area contributed by atoms with Crippen molar-refractivity contribution in [2.24, 2.45) is 0 Å². The Bertz CT molecular complexity index is 866. The van der Waals surface area contributed by atoms with Gasteiger partial charge in [-0.3, -0.25) is 4.79 Å². The Hall–Kier alpha value is -2.92. The second-order valence-corrected chi connectivity index (χ2v) is 6.42. The molecule has 0 fully saturated rings. The Kier molecular flexibility index (Phi) is 5.49. The average molecular weight is 348 g/mol. The molecule has 0 aliphatic rings. The predicted molar refractivity (Wildman–Crippen MR) is 104 cm³/mol. The number of benzene rings is 2. The van der Waals surface area contributed by atoms with Crippen LogP contribution >= 0.6 is 0 Å². The molecule has 3 aromatic rings. The van der Waals surface area contributed by atoms with Crippen molar-refractivity contribution in [3.63, 3.8) is 0 Å². The number of aromatic nitrogens is 2. The molecule has 0 aliphatic carbocycles. The second-order valence-electron chi connectivity index (χ2n) is 6.42. The maximum Gasteiger partial charge on any atom is 0.221 e. The van der Waals surface area contributed by atoms with Crippen LogP contribution in [0.1, 0.15) is 36.8 Å². The summed E-state index contributed by atoms with van der Waals surface area (Å²) in [4.78, 5) is 15.3. The van der Waals surface area contributed by atoms with Gasteiger partial charge in [0.05, 0.1) is 0 Å². The van der Waals surface area contributed by atoms with Crippen molar-refractivity contribution in [2.75, 3.05) is 5.32 Å². The van der Waals surface area contributed by atoms with Crippen LogP contribution in [0.15, 0.2) is 60.9 Å². The molecule has 0 radical (unpaired) electrons. The summed E-state index contributed by atoms with van der Waals surface area (Å²) in [5, 5.41) is 6.31. The third-order valence-corrected chi connectivity index (χ3v) is 4.38. The second kappa shape index (κ2) is 7.97. The fourth-order valence-corrected chi connectivity index (χ4v) is 2.87. The van der Waals surface area contributed by atoms with Crippen LogP contribution in [0.2, 0.25) is 0 Å². The van der Waals surface area contributed by atoms with Crippen LogP contribution in [0, 0.1) is 6.92 Å². The standard InChI is InChI=1S/C21H24N4O/c1-15(23-14-18-4-8-20(9-5-18)24-17(3)26)19-6-10-21(11-7-19)25-13-12-22-16(25)2/h4-13,15,23H,14H2,1-3H3,(H,24,26). The topological polar surface area (TPSA) is 59.0 Å². The predicted octanol–water partition coefficient (Wildman–Crippen LogP) is 3.99. The fourth-order valence-electron chi connectivity index (χ4n) is 2.87. The minimum absolute atomic E-state index is 0.0566. The smallest absolute Gasteiger partial charge is 0.221 e. The number of rotatable bonds is 6.